The molecule has 1 atom stereocenters. The van der Waals surface area contributed by atoms with Crippen molar-refractivity contribution < 1.29 is 4.79 Å². The van der Waals surface area contributed by atoms with E-state index in [0.29, 0.717) is 12.4 Å². The van der Waals surface area contributed by atoms with Crippen LogP contribution in [0.15, 0.2) is 23.3 Å². The normalized spacial score (nSPS) is 20.3. The van der Waals surface area contributed by atoms with Gasteiger partial charge in [-0.25, -0.2) is 0 Å². The fraction of sp³-hybridized carbons (Fsp3) is 0.500. The van der Waals surface area contributed by atoms with Crippen LogP contribution < -0.4 is 5.43 Å². The van der Waals surface area contributed by atoms with Crippen molar-refractivity contribution in [2.75, 3.05) is 12.4 Å². The number of hydrogen-bond acceptors (Lipinski definition) is 2. The number of alkyl halides is 1. The molecule has 92 valence electrons. The predicted molar refractivity (Wildman–Crippen MR) is 66.5 cm³/mol. The lowest BCUT2D eigenvalue weighted by Gasteiger charge is -2.34. The number of carbonyl (C=O) groups excluding carboxylic acids is 1. The maximum Gasteiger partial charge on any atom is 0.259 e. The van der Waals surface area contributed by atoms with Crippen LogP contribution in [-0.4, -0.2) is 34.3 Å². The summed E-state index contributed by atoms with van der Waals surface area (Å²) in [5, 5.41) is 0. The summed E-state index contributed by atoms with van der Waals surface area (Å²) in [6, 6.07) is 1.42. The average molecular weight is 255 g/mol. The van der Waals surface area contributed by atoms with Crippen molar-refractivity contribution in [3.05, 3.63) is 34.2 Å². The lowest BCUT2D eigenvalue weighted by atomic mass is 10.0. The van der Waals surface area contributed by atoms with Crippen LogP contribution in [0.4, 0.5) is 0 Å². The smallest absolute Gasteiger partial charge is 0.259 e. The zero-order valence-corrected chi connectivity index (χ0v) is 10.2. The Kier molecular flexibility index (Phi) is 3.84. The Bertz CT molecular complexity index is 458. The number of H-pyrrole nitrogens is 1. The van der Waals surface area contributed by atoms with E-state index in [0.717, 1.165) is 19.3 Å². The van der Waals surface area contributed by atoms with Gasteiger partial charge in [-0.05, 0) is 19.3 Å². The molecule has 0 saturated carbocycles. The summed E-state index contributed by atoms with van der Waals surface area (Å²) in [4.78, 5) is 28.3. The Balaban J connectivity index is 2.24. The molecule has 1 aromatic rings. The summed E-state index contributed by atoms with van der Waals surface area (Å²) in [5.74, 6) is 0.216. The number of rotatable bonds is 2. The molecule has 5 heteroatoms. The van der Waals surface area contributed by atoms with Crippen LogP contribution in [0.3, 0.4) is 0 Å². The molecule has 1 fully saturated rings. The number of pyridine rings is 1. The van der Waals surface area contributed by atoms with Crippen LogP contribution >= 0.6 is 11.6 Å². The van der Waals surface area contributed by atoms with Gasteiger partial charge in [-0.1, -0.05) is 0 Å². The SMILES string of the molecule is O=C(c1c[nH]ccc1=O)N1CCCCC1CCl. The van der Waals surface area contributed by atoms with Crippen molar-refractivity contribution >= 4 is 17.5 Å². The van der Waals surface area contributed by atoms with Gasteiger partial charge in [0.1, 0.15) is 5.56 Å². The number of hydrogen-bond donors (Lipinski definition) is 1. The van der Waals surface area contributed by atoms with Crippen LogP contribution in [0, 0.1) is 0 Å². The molecule has 4 nitrogen and oxygen atoms in total. The quantitative estimate of drug-likeness (QED) is 0.816. The molecular weight excluding hydrogens is 240 g/mol. The summed E-state index contributed by atoms with van der Waals surface area (Å²) in [6.07, 6.45) is 5.97. The Morgan fingerprint density at radius 3 is 3.06 bits per heavy atom. The van der Waals surface area contributed by atoms with Gasteiger partial charge in [0.25, 0.3) is 5.91 Å². The van der Waals surface area contributed by atoms with E-state index in [-0.39, 0.29) is 22.9 Å². The summed E-state index contributed by atoms with van der Waals surface area (Å²) < 4.78 is 0. The number of carbonyl (C=O) groups is 1. The van der Waals surface area contributed by atoms with Gasteiger partial charge in [0.2, 0.25) is 0 Å². The highest BCUT2D eigenvalue weighted by atomic mass is 35.5. The summed E-state index contributed by atoms with van der Waals surface area (Å²) in [7, 11) is 0. The Morgan fingerprint density at radius 2 is 2.35 bits per heavy atom. The number of halogens is 1. The second kappa shape index (κ2) is 5.36. The van der Waals surface area contributed by atoms with E-state index in [9.17, 15) is 9.59 Å². The van der Waals surface area contributed by atoms with Crippen molar-refractivity contribution in [1.29, 1.82) is 0 Å². The van der Waals surface area contributed by atoms with Crippen molar-refractivity contribution in [3.63, 3.8) is 0 Å². The molecule has 0 aliphatic carbocycles. The number of nitrogens with one attached hydrogen (secondary N) is 1. The molecule has 1 aromatic heterocycles. The molecule has 2 rings (SSSR count). The lowest BCUT2D eigenvalue weighted by molar-refractivity contribution is 0.0637. The van der Waals surface area contributed by atoms with Gasteiger partial charge in [0, 0.05) is 36.9 Å². The summed E-state index contributed by atoms with van der Waals surface area (Å²) in [6.45, 7) is 0.685. The molecule has 1 aliphatic rings. The second-order valence-corrected chi connectivity index (χ2v) is 4.53. The molecule has 0 bridgehead atoms. The van der Waals surface area contributed by atoms with Crippen molar-refractivity contribution in [2.24, 2.45) is 0 Å². The third kappa shape index (κ3) is 2.52. The third-order valence-corrected chi connectivity index (χ3v) is 3.48. The van der Waals surface area contributed by atoms with Gasteiger partial charge in [0.15, 0.2) is 5.43 Å². The van der Waals surface area contributed by atoms with Crippen LogP contribution in [-0.2, 0) is 0 Å². The number of likely N-dealkylation sites (tertiary alicyclic amines) is 1. The maximum absolute atomic E-state index is 12.2. The third-order valence-electron chi connectivity index (χ3n) is 3.12. The van der Waals surface area contributed by atoms with Crippen molar-refractivity contribution in [2.45, 2.75) is 25.3 Å². The van der Waals surface area contributed by atoms with Gasteiger partial charge in [-0.2, -0.15) is 0 Å². The first-order valence-corrected chi connectivity index (χ1v) is 6.31. The van der Waals surface area contributed by atoms with Gasteiger partial charge < -0.3 is 9.88 Å². The van der Waals surface area contributed by atoms with E-state index in [2.05, 4.69) is 4.98 Å². The summed E-state index contributed by atoms with van der Waals surface area (Å²) in [5.41, 5.74) is -0.0443. The zero-order chi connectivity index (χ0) is 12.3. The Hall–Kier alpha value is -1.29. The molecule has 1 N–H and O–H groups in total. The molecule has 1 unspecified atom stereocenters. The van der Waals surface area contributed by atoms with E-state index >= 15 is 0 Å². The number of aromatic nitrogens is 1. The van der Waals surface area contributed by atoms with Gasteiger partial charge in [-0.3, -0.25) is 9.59 Å². The van der Waals surface area contributed by atoms with Gasteiger partial charge in [0.05, 0.1) is 0 Å². The van der Waals surface area contributed by atoms with Gasteiger partial charge in [-0.15, -0.1) is 11.6 Å². The van der Waals surface area contributed by atoms with Crippen molar-refractivity contribution in [3.8, 4) is 0 Å². The van der Waals surface area contributed by atoms with Gasteiger partial charge >= 0.3 is 0 Å². The molecule has 0 aromatic carbocycles. The largest absolute Gasteiger partial charge is 0.367 e. The first kappa shape index (κ1) is 12.2. The minimum absolute atomic E-state index is 0.0533. The fourth-order valence-corrected chi connectivity index (χ4v) is 2.49. The second-order valence-electron chi connectivity index (χ2n) is 4.22. The maximum atomic E-state index is 12.2. The van der Waals surface area contributed by atoms with Crippen LogP contribution in [0.1, 0.15) is 29.6 Å². The predicted octanol–water partition coefficient (Wildman–Crippen LogP) is 1.61. The van der Waals surface area contributed by atoms with Crippen molar-refractivity contribution in [1.82, 2.24) is 9.88 Å². The molecule has 0 radical (unpaired) electrons. The lowest BCUT2D eigenvalue weighted by Crippen LogP contribution is -2.46. The number of aromatic amines is 1. The van der Waals surface area contributed by atoms with Crippen LogP contribution in [0.2, 0.25) is 0 Å². The molecular formula is C12H15ClN2O2. The summed E-state index contributed by atoms with van der Waals surface area (Å²) >= 11 is 5.87. The van der Waals surface area contributed by atoms with Crippen LogP contribution in [0.25, 0.3) is 0 Å². The topological polar surface area (TPSA) is 53.2 Å². The minimum Gasteiger partial charge on any atom is -0.367 e. The molecule has 1 aliphatic heterocycles. The Morgan fingerprint density at radius 1 is 1.53 bits per heavy atom. The Labute approximate surface area is 105 Å². The molecule has 17 heavy (non-hydrogen) atoms. The molecule has 1 saturated heterocycles. The number of nitrogens with zero attached hydrogens (tertiary/aromatic N) is 1. The molecule has 1 amide bonds. The van der Waals surface area contributed by atoms with E-state index in [1.165, 1.54) is 18.5 Å². The van der Waals surface area contributed by atoms with E-state index in [1.54, 1.807) is 4.90 Å². The number of piperidine rings is 1. The minimum atomic E-state index is -0.243. The standard InChI is InChI=1S/C12H15ClN2O2/c13-7-9-3-1-2-6-15(9)12(17)10-8-14-5-4-11(10)16/h4-5,8-9H,1-3,6-7H2,(H,14,16). The monoisotopic (exact) mass is 254 g/mol. The van der Waals surface area contributed by atoms with E-state index < -0.39 is 0 Å². The molecule has 2 heterocycles. The fourth-order valence-electron chi connectivity index (χ4n) is 2.17. The highest BCUT2D eigenvalue weighted by Gasteiger charge is 2.27. The first-order valence-electron chi connectivity index (χ1n) is 5.78. The highest BCUT2D eigenvalue weighted by molar-refractivity contribution is 6.18. The van der Waals surface area contributed by atoms with E-state index in [4.69, 9.17) is 11.6 Å². The number of amides is 1. The zero-order valence-electron chi connectivity index (χ0n) is 9.49. The first-order chi connectivity index (χ1) is 8.24. The molecule has 0 spiro atoms. The van der Waals surface area contributed by atoms with Crippen LogP contribution in [0.5, 0.6) is 0 Å². The van der Waals surface area contributed by atoms with E-state index in [1.807, 2.05) is 0 Å². The average Bonchev–Trinajstić information content (AvgIpc) is 2.38. The highest BCUT2D eigenvalue weighted by Crippen LogP contribution is 2.19.